The largest absolute Gasteiger partial charge is 0.544 e. The Hall–Kier alpha value is -2.97. The zero-order valence-corrected chi connectivity index (χ0v) is 32.3. The van der Waals surface area contributed by atoms with Crippen molar-refractivity contribution in [3.05, 3.63) is 60.8 Å². The molecular formula is C42H71NO7. The van der Waals surface area contributed by atoms with E-state index in [0.717, 1.165) is 38.5 Å². The third kappa shape index (κ3) is 31.0. The Balaban J connectivity index is 4.51. The lowest BCUT2D eigenvalue weighted by atomic mass is 10.1. The van der Waals surface area contributed by atoms with Crippen LogP contribution >= 0.6 is 0 Å². The number of unbranched alkanes of at least 4 members (excludes halogenated alkanes) is 9. The van der Waals surface area contributed by atoms with Gasteiger partial charge in [-0.3, -0.25) is 9.59 Å². The minimum Gasteiger partial charge on any atom is -0.544 e. The molecule has 8 heteroatoms. The van der Waals surface area contributed by atoms with Crippen LogP contribution in [0.5, 0.6) is 0 Å². The number of likely N-dealkylation sites (N-methyl/N-ethyl adjacent to an activating group) is 1. The molecule has 50 heavy (non-hydrogen) atoms. The smallest absolute Gasteiger partial charge is 0.306 e. The number of ether oxygens (including phenoxy) is 3. The van der Waals surface area contributed by atoms with Gasteiger partial charge in [-0.05, 0) is 70.6 Å². The number of esters is 2. The number of carbonyl (C=O) groups excluding carboxylic acids is 3. The van der Waals surface area contributed by atoms with Crippen molar-refractivity contribution in [1.82, 2.24) is 0 Å². The highest BCUT2D eigenvalue weighted by atomic mass is 16.6. The highest BCUT2D eigenvalue weighted by Gasteiger charge is 2.25. The third-order valence-corrected chi connectivity index (χ3v) is 8.13. The molecule has 0 heterocycles. The molecule has 0 aromatic heterocycles. The average Bonchev–Trinajstić information content (AvgIpc) is 3.06. The van der Waals surface area contributed by atoms with Crippen molar-refractivity contribution in [1.29, 1.82) is 0 Å². The van der Waals surface area contributed by atoms with Crippen molar-refractivity contribution in [3.63, 3.8) is 0 Å². The summed E-state index contributed by atoms with van der Waals surface area (Å²) in [6.45, 7) is 4.48. The molecule has 0 aliphatic rings. The van der Waals surface area contributed by atoms with Crippen LogP contribution in [-0.2, 0) is 28.6 Å². The van der Waals surface area contributed by atoms with E-state index in [-0.39, 0.29) is 55.5 Å². The fourth-order valence-corrected chi connectivity index (χ4v) is 5.06. The van der Waals surface area contributed by atoms with Crippen molar-refractivity contribution in [2.24, 2.45) is 0 Å². The summed E-state index contributed by atoms with van der Waals surface area (Å²) in [6, 6.07) is -0.738. The predicted molar refractivity (Wildman–Crippen MR) is 203 cm³/mol. The molecule has 0 bridgehead atoms. The second kappa shape index (κ2) is 33.2. The second-order valence-corrected chi connectivity index (χ2v) is 13.8. The summed E-state index contributed by atoms with van der Waals surface area (Å²) in [7, 11) is 5.36. The molecule has 0 rings (SSSR count). The topological polar surface area (TPSA) is 102 Å². The first-order valence-electron chi connectivity index (χ1n) is 19.3. The van der Waals surface area contributed by atoms with Crippen LogP contribution in [0.25, 0.3) is 0 Å². The minimum absolute atomic E-state index is 0.00974. The van der Waals surface area contributed by atoms with Gasteiger partial charge in [0.25, 0.3) is 0 Å². The summed E-state index contributed by atoms with van der Waals surface area (Å²) in [6.07, 6.45) is 38.4. The van der Waals surface area contributed by atoms with Gasteiger partial charge < -0.3 is 28.6 Å². The maximum absolute atomic E-state index is 12.6. The van der Waals surface area contributed by atoms with Gasteiger partial charge >= 0.3 is 11.9 Å². The van der Waals surface area contributed by atoms with Crippen LogP contribution in [0.15, 0.2) is 60.8 Å². The number of quaternary nitrogens is 1. The number of allylic oxidation sites excluding steroid dienone is 10. The van der Waals surface area contributed by atoms with Crippen LogP contribution in [0, 0.1) is 0 Å². The fraction of sp³-hybridized carbons (Fsp3) is 0.690. The molecule has 2 atom stereocenters. The number of carboxylic acid groups (broad SMARTS) is 1. The lowest BCUT2D eigenvalue weighted by Crippen LogP contribution is -2.55. The van der Waals surface area contributed by atoms with Gasteiger partial charge in [0.2, 0.25) is 0 Å². The lowest BCUT2D eigenvalue weighted by molar-refractivity contribution is -0.889. The van der Waals surface area contributed by atoms with Gasteiger partial charge in [0, 0.05) is 19.3 Å². The summed E-state index contributed by atoms with van der Waals surface area (Å²) in [4.78, 5) is 36.5. The number of carbonyl (C=O) groups is 3. The van der Waals surface area contributed by atoms with Crippen LogP contribution in [0.2, 0.25) is 0 Å². The first-order valence-corrected chi connectivity index (χ1v) is 19.3. The molecule has 0 radical (unpaired) electrons. The zero-order chi connectivity index (χ0) is 37.1. The van der Waals surface area contributed by atoms with E-state index in [1.54, 1.807) is 21.1 Å². The Kier molecular flexibility index (Phi) is 31.2. The first kappa shape index (κ1) is 47.0. The van der Waals surface area contributed by atoms with E-state index in [1.165, 1.54) is 51.4 Å². The van der Waals surface area contributed by atoms with Crippen molar-refractivity contribution in [2.75, 3.05) is 41.0 Å². The Morgan fingerprint density at radius 2 is 1.06 bits per heavy atom. The lowest BCUT2D eigenvalue weighted by Gasteiger charge is -2.34. The number of carboxylic acids is 1. The molecule has 0 N–H and O–H groups in total. The van der Waals surface area contributed by atoms with Gasteiger partial charge in [-0.15, -0.1) is 0 Å². The normalized spacial score (nSPS) is 13.7. The Morgan fingerprint density at radius 3 is 1.58 bits per heavy atom. The number of rotatable bonds is 33. The molecule has 0 aliphatic heterocycles. The molecule has 8 nitrogen and oxygen atoms in total. The number of hydrogen-bond acceptors (Lipinski definition) is 7. The standard InChI is InChI=1S/C42H71NO7/c1-6-8-10-12-14-16-17-18-19-20-21-22-23-25-26-28-30-32-40(44)49-37-38(36-48-35-34-39(42(46)47)43(3,4)5)50-41(45)33-31-29-27-24-15-13-11-9-7-2/h14,16,18-19,21-22,24-27,38-39H,6-13,15,17,20,23,28-37H2,1-5H3/b16-14+,19-18+,22-21+,26-25+,27-24+. The highest BCUT2D eigenvalue weighted by Crippen LogP contribution is 2.10. The predicted octanol–water partition coefficient (Wildman–Crippen LogP) is 8.52. The molecule has 0 saturated carbocycles. The van der Waals surface area contributed by atoms with E-state index < -0.39 is 18.1 Å². The quantitative estimate of drug-likeness (QED) is 0.0293. The summed E-state index contributed by atoms with van der Waals surface area (Å²) in [5, 5.41) is 11.6. The van der Waals surface area contributed by atoms with Gasteiger partial charge in [-0.25, -0.2) is 0 Å². The van der Waals surface area contributed by atoms with Crippen LogP contribution in [-0.4, -0.2) is 75.5 Å². The minimum atomic E-state index is -1.14. The number of aliphatic carboxylic acids is 1. The third-order valence-electron chi connectivity index (χ3n) is 8.13. The molecule has 0 aromatic carbocycles. The first-order chi connectivity index (χ1) is 24.1. The highest BCUT2D eigenvalue weighted by molar-refractivity contribution is 5.70. The fourth-order valence-electron chi connectivity index (χ4n) is 5.06. The van der Waals surface area contributed by atoms with Crippen molar-refractivity contribution < 1.29 is 38.2 Å². The molecule has 0 fully saturated rings. The molecule has 0 aromatic rings. The van der Waals surface area contributed by atoms with Gasteiger partial charge in [0.1, 0.15) is 12.6 Å². The number of hydrogen-bond donors (Lipinski definition) is 0. The second-order valence-electron chi connectivity index (χ2n) is 13.8. The average molecular weight is 702 g/mol. The van der Waals surface area contributed by atoms with Gasteiger partial charge in [0.15, 0.2) is 6.10 Å². The SMILES string of the molecule is CCCCC/C=C/C/C=C/C/C=C/C/C=C/CCCC(=O)OCC(COCCC(C(=O)[O-])[N+](C)(C)C)OC(=O)CCC/C=C/CCCCCC. The van der Waals surface area contributed by atoms with E-state index in [1.807, 2.05) is 0 Å². The van der Waals surface area contributed by atoms with E-state index in [9.17, 15) is 19.5 Å². The number of nitrogens with zero attached hydrogens (tertiary/aromatic N) is 1. The molecule has 0 spiro atoms. The van der Waals surface area contributed by atoms with Gasteiger partial charge in [-0.2, -0.15) is 0 Å². The Bertz CT molecular complexity index is 1010. The van der Waals surface area contributed by atoms with E-state index in [0.29, 0.717) is 12.8 Å². The maximum Gasteiger partial charge on any atom is 0.306 e. The summed E-state index contributed by atoms with van der Waals surface area (Å²) in [5.74, 6) is -1.86. The molecule has 286 valence electrons. The molecule has 0 amide bonds. The summed E-state index contributed by atoms with van der Waals surface area (Å²) < 4.78 is 17.0. The Labute approximate surface area is 305 Å². The van der Waals surface area contributed by atoms with Crippen molar-refractivity contribution >= 4 is 17.9 Å². The zero-order valence-electron chi connectivity index (χ0n) is 32.3. The maximum atomic E-state index is 12.6. The molecule has 0 saturated heterocycles. The van der Waals surface area contributed by atoms with Gasteiger partial charge in [0.05, 0.1) is 40.3 Å². The van der Waals surface area contributed by atoms with Crippen LogP contribution in [0.4, 0.5) is 0 Å². The van der Waals surface area contributed by atoms with Crippen molar-refractivity contribution in [2.45, 2.75) is 148 Å². The monoisotopic (exact) mass is 702 g/mol. The molecule has 0 aliphatic carbocycles. The van der Waals surface area contributed by atoms with E-state index >= 15 is 0 Å². The van der Waals surface area contributed by atoms with Gasteiger partial charge in [-0.1, -0.05) is 107 Å². The van der Waals surface area contributed by atoms with E-state index in [4.69, 9.17) is 14.2 Å². The summed E-state index contributed by atoms with van der Waals surface area (Å²) in [5.41, 5.74) is 0. The molecule has 2 unspecified atom stereocenters. The van der Waals surface area contributed by atoms with E-state index in [2.05, 4.69) is 74.6 Å². The molecular weight excluding hydrogens is 630 g/mol. The van der Waals surface area contributed by atoms with Crippen LogP contribution < -0.4 is 5.11 Å². The Morgan fingerprint density at radius 1 is 0.600 bits per heavy atom. The van der Waals surface area contributed by atoms with Crippen LogP contribution in [0.1, 0.15) is 136 Å². The summed E-state index contributed by atoms with van der Waals surface area (Å²) >= 11 is 0. The van der Waals surface area contributed by atoms with Crippen LogP contribution in [0.3, 0.4) is 0 Å². The van der Waals surface area contributed by atoms with Crippen molar-refractivity contribution in [3.8, 4) is 0 Å².